The Balaban J connectivity index is 2.51. The van der Waals surface area contributed by atoms with E-state index in [0.717, 1.165) is 5.52 Å². The molecule has 6 nitrogen and oxygen atoms in total. The number of pyridine rings is 1. The van der Waals surface area contributed by atoms with Crippen LogP contribution >= 0.6 is 0 Å². The number of aromatic nitrogens is 3. The number of rotatable bonds is 4. The molecule has 0 fully saturated rings. The molecule has 126 valence electrons. The monoisotopic (exact) mass is 327 g/mol. The lowest BCUT2D eigenvalue weighted by atomic mass is 10.1. The molecular weight excluding hydrogens is 306 g/mol. The second-order valence-corrected chi connectivity index (χ2v) is 6.18. The van der Waals surface area contributed by atoms with Gasteiger partial charge in [0, 0.05) is 25.5 Å². The van der Waals surface area contributed by atoms with Crippen LogP contribution in [-0.4, -0.2) is 27.8 Å². The Kier molecular flexibility index (Phi) is 4.24. The number of aryl methyl sites for hydroxylation is 1. The molecule has 3 aromatic rings. The van der Waals surface area contributed by atoms with Gasteiger partial charge in [0.1, 0.15) is 11.2 Å². The highest BCUT2D eigenvalue weighted by molar-refractivity contribution is 5.91. The van der Waals surface area contributed by atoms with Crippen LogP contribution in [0.25, 0.3) is 21.9 Å². The van der Waals surface area contributed by atoms with Crippen LogP contribution in [0.5, 0.6) is 0 Å². The Morgan fingerprint density at radius 3 is 2.58 bits per heavy atom. The van der Waals surface area contributed by atoms with Crippen molar-refractivity contribution in [2.75, 3.05) is 13.7 Å². The Morgan fingerprint density at radius 1 is 1.21 bits per heavy atom. The van der Waals surface area contributed by atoms with Gasteiger partial charge in [0.15, 0.2) is 5.65 Å². The topological polar surface area (TPSA) is 66.1 Å². The summed E-state index contributed by atoms with van der Waals surface area (Å²) >= 11 is 0. The van der Waals surface area contributed by atoms with Crippen LogP contribution in [0.2, 0.25) is 0 Å². The second-order valence-electron chi connectivity index (χ2n) is 6.18. The first kappa shape index (κ1) is 16.4. The van der Waals surface area contributed by atoms with Gasteiger partial charge in [-0.05, 0) is 12.1 Å². The zero-order chi connectivity index (χ0) is 17.4. The van der Waals surface area contributed by atoms with E-state index in [4.69, 9.17) is 4.74 Å². The molecule has 0 saturated heterocycles. The van der Waals surface area contributed by atoms with E-state index in [1.54, 1.807) is 23.8 Å². The molecule has 0 spiro atoms. The maximum Gasteiger partial charge on any atom is 0.267 e. The van der Waals surface area contributed by atoms with Gasteiger partial charge in [-0.1, -0.05) is 26.0 Å². The summed E-state index contributed by atoms with van der Waals surface area (Å²) in [4.78, 5) is 30.6. The van der Waals surface area contributed by atoms with Crippen LogP contribution < -0.4 is 11.0 Å². The molecule has 24 heavy (non-hydrogen) atoms. The Labute approximate surface area is 139 Å². The van der Waals surface area contributed by atoms with Crippen molar-refractivity contribution in [2.45, 2.75) is 26.3 Å². The van der Waals surface area contributed by atoms with Crippen molar-refractivity contribution in [1.29, 1.82) is 0 Å². The van der Waals surface area contributed by atoms with E-state index in [-0.39, 0.29) is 22.3 Å². The van der Waals surface area contributed by atoms with Gasteiger partial charge < -0.3 is 9.30 Å². The molecule has 0 atom stereocenters. The highest BCUT2D eigenvalue weighted by Crippen LogP contribution is 2.17. The zero-order valence-electron chi connectivity index (χ0n) is 14.4. The predicted octanol–water partition coefficient (Wildman–Crippen LogP) is 2.02. The maximum absolute atomic E-state index is 13.0. The molecule has 0 unspecified atom stereocenters. The Morgan fingerprint density at radius 2 is 1.92 bits per heavy atom. The van der Waals surface area contributed by atoms with E-state index in [1.807, 2.05) is 37.6 Å². The largest absolute Gasteiger partial charge is 0.383 e. The summed E-state index contributed by atoms with van der Waals surface area (Å²) in [6, 6.07) is 7.28. The molecule has 0 radical (unpaired) electrons. The number of fused-ring (bicyclic) bond motifs is 2. The van der Waals surface area contributed by atoms with Gasteiger partial charge in [-0.25, -0.2) is 4.98 Å². The van der Waals surface area contributed by atoms with E-state index < -0.39 is 0 Å². The quantitative estimate of drug-likeness (QED) is 0.688. The summed E-state index contributed by atoms with van der Waals surface area (Å²) in [5.41, 5.74) is 0.636. The Bertz CT molecular complexity index is 1030. The van der Waals surface area contributed by atoms with E-state index in [9.17, 15) is 9.59 Å². The fraction of sp³-hybridized carbons (Fsp3) is 0.389. The molecule has 2 aromatic heterocycles. The van der Waals surface area contributed by atoms with Crippen molar-refractivity contribution < 1.29 is 4.74 Å². The summed E-state index contributed by atoms with van der Waals surface area (Å²) in [7, 11) is 3.42. The van der Waals surface area contributed by atoms with Gasteiger partial charge in [-0.2, -0.15) is 0 Å². The van der Waals surface area contributed by atoms with E-state index in [2.05, 4.69) is 4.98 Å². The van der Waals surface area contributed by atoms with E-state index >= 15 is 0 Å². The van der Waals surface area contributed by atoms with Crippen molar-refractivity contribution in [2.24, 2.45) is 7.05 Å². The molecule has 0 aliphatic heterocycles. The lowest BCUT2D eigenvalue weighted by Gasteiger charge is -2.17. The number of para-hydroxylation sites is 1. The lowest BCUT2D eigenvalue weighted by molar-refractivity contribution is 0.184. The standard InChI is InChI=1S/C18H21N3O3/c1-11(2)16-19-17-14(18(23)21(16)9-10-24-4)15(22)12-7-5-6-8-13(12)20(17)3/h5-8,11H,9-10H2,1-4H3. The number of methoxy groups -OCH3 is 1. The summed E-state index contributed by atoms with van der Waals surface area (Å²) in [6.45, 7) is 4.73. The highest BCUT2D eigenvalue weighted by atomic mass is 16.5. The number of hydrogen-bond donors (Lipinski definition) is 0. The summed E-state index contributed by atoms with van der Waals surface area (Å²) in [5.74, 6) is 0.718. The fourth-order valence-corrected chi connectivity index (χ4v) is 3.05. The maximum atomic E-state index is 13.0. The zero-order valence-corrected chi connectivity index (χ0v) is 14.4. The summed E-state index contributed by atoms with van der Waals surface area (Å²) < 4.78 is 8.48. The van der Waals surface area contributed by atoms with Gasteiger partial charge >= 0.3 is 0 Å². The first-order valence-corrected chi connectivity index (χ1v) is 7.98. The van der Waals surface area contributed by atoms with Gasteiger partial charge in [-0.3, -0.25) is 14.2 Å². The molecule has 0 bridgehead atoms. The van der Waals surface area contributed by atoms with Gasteiger partial charge in [-0.15, -0.1) is 0 Å². The molecule has 0 aliphatic rings. The SMILES string of the molecule is COCCn1c(C(C)C)nc2c(c(=O)c3ccccc3n2C)c1=O. The molecule has 1 aromatic carbocycles. The number of hydrogen-bond acceptors (Lipinski definition) is 4. The first-order chi connectivity index (χ1) is 11.5. The normalized spacial score (nSPS) is 11.7. The molecule has 0 N–H and O–H groups in total. The molecule has 6 heteroatoms. The lowest BCUT2D eigenvalue weighted by Crippen LogP contribution is -2.32. The molecule has 3 rings (SSSR count). The minimum atomic E-state index is -0.299. The third-order valence-corrected chi connectivity index (χ3v) is 4.27. The third kappa shape index (κ3) is 2.43. The summed E-state index contributed by atoms with van der Waals surface area (Å²) in [5, 5.41) is 0.665. The first-order valence-electron chi connectivity index (χ1n) is 7.98. The Hall–Kier alpha value is -2.47. The fourth-order valence-electron chi connectivity index (χ4n) is 3.05. The molecule has 0 aliphatic carbocycles. The average molecular weight is 327 g/mol. The molecule has 0 saturated carbocycles. The second kappa shape index (κ2) is 6.20. The van der Waals surface area contributed by atoms with Crippen molar-refractivity contribution in [3.63, 3.8) is 0 Å². The van der Waals surface area contributed by atoms with Gasteiger partial charge in [0.25, 0.3) is 5.56 Å². The predicted molar refractivity (Wildman–Crippen MR) is 94.7 cm³/mol. The highest BCUT2D eigenvalue weighted by Gasteiger charge is 2.19. The smallest absolute Gasteiger partial charge is 0.267 e. The van der Waals surface area contributed by atoms with Crippen molar-refractivity contribution >= 4 is 21.9 Å². The summed E-state index contributed by atoms with van der Waals surface area (Å²) in [6.07, 6.45) is 0. The molecule has 2 heterocycles. The van der Waals surface area contributed by atoms with E-state index in [1.165, 1.54) is 0 Å². The van der Waals surface area contributed by atoms with Crippen LogP contribution in [0.3, 0.4) is 0 Å². The molecule has 0 amide bonds. The minimum Gasteiger partial charge on any atom is -0.383 e. The van der Waals surface area contributed by atoms with Crippen LogP contribution in [0.15, 0.2) is 33.9 Å². The van der Waals surface area contributed by atoms with Crippen LogP contribution in [0.1, 0.15) is 25.6 Å². The van der Waals surface area contributed by atoms with Crippen molar-refractivity contribution in [3.05, 3.63) is 50.7 Å². The molecular formula is C18H21N3O3. The number of ether oxygens (including phenoxy) is 1. The van der Waals surface area contributed by atoms with Crippen LogP contribution in [-0.2, 0) is 18.3 Å². The average Bonchev–Trinajstić information content (AvgIpc) is 2.57. The van der Waals surface area contributed by atoms with Crippen LogP contribution in [0, 0.1) is 0 Å². The van der Waals surface area contributed by atoms with Crippen molar-refractivity contribution in [1.82, 2.24) is 14.1 Å². The number of nitrogens with zero attached hydrogens (tertiary/aromatic N) is 3. The van der Waals surface area contributed by atoms with Crippen LogP contribution in [0.4, 0.5) is 0 Å². The van der Waals surface area contributed by atoms with E-state index in [0.29, 0.717) is 30.0 Å². The number of benzene rings is 1. The minimum absolute atomic E-state index is 0.0560. The third-order valence-electron chi connectivity index (χ3n) is 4.27. The van der Waals surface area contributed by atoms with Crippen molar-refractivity contribution in [3.8, 4) is 0 Å². The van der Waals surface area contributed by atoms with Gasteiger partial charge in [0.2, 0.25) is 5.43 Å². The van der Waals surface area contributed by atoms with Gasteiger partial charge in [0.05, 0.1) is 18.7 Å².